The molecule has 1 aromatic carbocycles. The van der Waals surface area contributed by atoms with Crippen LogP contribution in [0.3, 0.4) is 0 Å². The van der Waals surface area contributed by atoms with Gasteiger partial charge in [-0.05, 0) is 33.7 Å². The maximum atomic E-state index is 13.2. The van der Waals surface area contributed by atoms with Crippen LogP contribution in [0.1, 0.15) is 26.7 Å². The summed E-state index contributed by atoms with van der Waals surface area (Å²) < 4.78 is 3.95. The number of carbonyl (C=O) groups is 3. The summed E-state index contributed by atoms with van der Waals surface area (Å²) in [5, 5.41) is 23.0. The molecule has 32 heavy (non-hydrogen) atoms. The van der Waals surface area contributed by atoms with Gasteiger partial charge in [0.1, 0.15) is 22.8 Å². The molecule has 0 radical (unpaired) electrons. The molecule has 1 aliphatic rings. The van der Waals surface area contributed by atoms with Crippen LogP contribution in [-0.2, 0) is 14.4 Å². The number of likely N-dealkylation sites (N-methyl/N-ethyl adjacent to an activating group) is 1. The highest BCUT2D eigenvalue weighted by molar-refractivity contribution is 7.10. The number of carbonyl (C=O) groups excluding carboxylic acids is 3. The van der Waals surface area contributed by atoms with Crippen LogP contribution >= 0.6 is 11.5 Å². The minimum absolute atomic E-state index is 0.349. The van der Waals surface area contributed by atoms with E-state index in [4.69, 9.17) is 0 Å². The van der Waals surface area contributed by atoms with Crippen LogP contribution in [0.15, 0.2) is 30.3 Å². The zero-order valence-electron chi connectivity index (χ0n) is 18.2. The Morgan fingerprint density at radius 1 is 1.22 bits per heavy atom. The van der Waals surface area contributed by atoms with E-state index >= 15 is 0 Å². The van der Waals surface area contributed by atoms with Gasteiger partial charge in [0.2, 0.25) is 17.7 Å². The molecular weight excluding hydrogens is 432 g/mol. The van der Waals surface area contributed by atoms with Gasteiger partial charge >= 0.3 is 0 Å². The lowest BCUT2D eigenvalue weighted by Gasteiger charge is -2.30. The molecule has 1 saturated heterocycles. The second-order valence-corrected chi connectivity index (χ2v) is 8.49. The molecular formula is C21H28N6O4S. The Morgan fingerprint density at radius 3 is 2.59 bits per heavy atom. The summed E-state index contributed by atoms with van der Waals surface area (Å²) in [5.74, 6) is -1.24. The second kappa shape index (κ2) is 10.6. The number of amides is 3. The first kappa shape index (κ1) is 23.8. The topological polar surface area (TPSA) is 137 Å². The normalized spacial score (nSPS) is 18.6. The van der Waals surface area contributed by atoms with Gasteiger partial charge in [0, 0.05) is 23.6 Å². The van der Waals surface area contributed by atoms with Gasteiger partial charge in [-0.1, -0.05) is 34.8 Å². The average Bonchev–Trinajstić information content (AvgIpc) is 3.46. The number of nitrogens with one attached hydrogen (secondary N) is 3. The van der Waals surface area contributed by atoms with Gasteiger partial charge < -0.3 is 26.0 Å². The van der Waals surface area contributed by atoms with Gasteiger partial charge in [-0.3, -0.25) is 14.4 Å². The van der Waals surface area contributed by atoms with Crippen LogP contribution in [0.2, 0.25) is 0 Å². The standard InChI is InChI=1S/C21H28N6O4S/c1-12(22-3)18(29)23-16(13(2)28)21(31)27-11-7-10-15(27)19(30)24-20-17(25-26-32-20)14-8-5-4-6-9-14/h4-6,8-9,12-13,15-16,22,28H,7,10-11H2,1-3H3,(H,23,29)(H,24,30)/t12-,13-,15-,16-/m0/s1. The molecule has 172 valence electrons. The number of aromatic nitrogens is 2. The number of rotatable bonds is 8. The van der Waals surface area contributed by atoms with Crippen molar-refractivity contribution in [3.8, 4) is 11.3 Å². The molecule has 4 atom stereocenters. The molecule has 0 unspecified atom stereocenters. The third-order valence-electron chi connectivity index (χ3n) is 5.48. The zero-order valence-corrected chi connectivity index (χ0v) is 19.1. The first-order chi connectivity index (χ1) is 15.3. The van der Waals surface area contributed by atoms with Crippen LogP contribution in [0, 0.1) is 0 Å². The quantitative estimate of drug-likeness (QED) is 0.453. The van der Waals surface area contributed by atoms with Crippen molar-refractivity contribution in [3.63, 3.8) is 0 Å². The monoisotopic (exact) mass is 460 g/mol. The maximum absolute atomic E-state index is 13.2. The van der Waals surface area contributed by atoms with Crippen molar-refractivity contribution in [1.82, 2.24) is 25.1 Å². The van der Waals surface area contributed by atoms with Gasteiger partial charge in [-0.2, -0.15) is 0 Å². The van der Waals surface area contributed by atoms with Gasteiger partial charge in [-0.25, -0.2) is 0 Å². The largest absolute Gasteiger partial charge is 0.391 e. The van der Waals surface area contributed by atoms with E-state index in [1.54, 1.807) is 14.0 Å². The number of likely N-dealkylation sites (tertiary alicyclic amines) is 1. The Morgan fingerprint density at radius 2 is 1.94 bits per heavy atom. The summed E-state index contributed by atoms with van der Waals surface area (Å²) in [6, 6.07) is 6.99. The SMILES string of the molecule is CN[C@@H](C)C(=O)N[C@H](C(=O)N1CCC[C@H]1C(=O)Nc1snnc1-c1ccccc1)[C@H](C)O. The van der Waals surface area contributed by atoms with E-state index in [-0.39, 0.29) is 5.91 Å². The molecule has 3 rings (SSSR count). The summed E-state index contributed by atoms with van der Waals surface area (Å²) in [4.78, 5) is 39.9. The fourth-order valence-corrected chi connectivity index (χ4v) is 4.13. The Labute approximate surface area is 190 Å². The molecule has 1 fully saturated rings. The van der Waals surface area contributed by atoms with Gasteiger partial charge in [0.15, 0.2) is 0 Å². The molecule has 1 aliphatic heterocycles. The van der Waals surface area contributed by atoms with Crippen LogP contribution in [0.5, 0.6) is 0 Å². The molecule has 2 heterocycles. The fraction of sp³-hybridized carbons (Fsp3) is 0.476. The summed E-state index contributed by atoms with van der Waals surface area (Å²) in [6.07, 6.45) is 0.0110. The highest BCUT2D eigenvalue weighted by Gasteiger charge is 2.39. The van der Waals surface area contributed by atoms with Gasteiger partial charge in [0.05, 0.1) is 12.1 Å². The van der Waals surface area contributed by atoms with Crippen LogP contribution in [-0.4, -0.2) is 75.1 Å². The van der Waals surface area contributed by atoms with E-state index in [1.165, 1.54) is 11.8 Å². The minimum atomic E-state index is -1.14. The average molecular weight is 461 g/mol. The van der Waals surface area contributed by atoms with Crippen molar-refractivity contribution in [2.24, 2.45) is 0 Å². The second-order valence-electron chi connectivity index (χ2n) is 7.73. The van der Waals surface area contributed by atoms with Crippen molar-refractivity contribution >= 4 is 34.3 Å². The molecule has 2 aromatic rings. The minimum Gasteiger partial charge on any atom is -0.391 e. The third-order valence-corrected chi connectivity index (χ3v) is 6.12. The van der Waals surface area contributed by atoms with Crippen molar-refractivity contribution < 1.29 is 19.5 Å². The molecule has 4 N–H and O–H groups in total. The van der Waals surface area contributed by atoms with Gasteiger partial charge in [-0.15, -0.1) is 5.10 Å². The van der Waals surface area contributed by atoms with E-state index in [0.29, 0.717) is 30.1 Å². The number of aliphatic hydroxyl groups excluding tert-OH is 1. The molecule has 3 amide bonds. The maximum Gasteiger partial charge on any atom is 0.248 e. The number of hydrogen-bond acceptors (Lipinski definition) is 8. The Kier molecular flexibility index (Phi) is 7.89. The first-order valence-electron chi connectivity index (χ1n) is 10.5. The van der Waals surface area contributed by atoms with E-state index in [0.717, 1.165) is 17.1 Å². The van der Waals surface area contributed by atoms with Gasteiger partial charge in [0.25, 0.3) is 0 Å². The van der Waals surface area contributed by atoms with Crippen LogP contribution < -0.4 is 16.0 Å². The van der Waals surface area contributed by atoms with E-state index < -0.39 is 36.0 Å². The molecule has 0 saturated carbocycles. The lowest BCUT2D eigenvalue weighted by atomic mass is 10.1. The van der Waals surface area contributed by atoms with Crippen LogP contribution in [0.4, 0.5) is 5.00 Å². The van der Waals surface area contributed by atoms with E-state index in [1.807, 2.05) is 30.3 Å². The summed E-state index contributed by atoms with van der Waals surface area (Å²) in [6.45, 7) is 3.45. The zero-order chi connectivity index (χ0) is 23.3. The highest BCUT2D eigenvalue weighted by atomic mass is 32.1. The van der Waals surface area contributed by atoms with Crippen LogP contribution in [0.25, 0.3) is 11.3 Å². The lowest BCUT2D eigenvalue weighted by Crippen LogP contribution is -2.58. The van der Waals surface area contributed by atoms with Crippen molar-refractivity contribution in [2.45, 2.75) is 50.9 Å². The number of hydrogen-bond donors (Lipinski definition) is 4. The lowest BCUT2D eigenvalue weighted by molar-refractivity contribution is -0.142. The highest BCUT2D eigenvalue weighted by Crippen LogP contribution is 2.29. The molecule has 1 aromatic heterocycles. The number of nitrogens with zero attached hydrogens (tertiary/aromatic N) is 3. The number of aliphatic hydroxyl groups is 1. The first-order valence-corrected chi connectivity index (χ1v) is 11.3. The summed E-state index contributed by atoms with van der Waals surface area (Å²) in [7, 11) is 1.63. The molecule has 11 heteroatoms. The van der Waals surface area contributed by atoms with Crippen molar-refractivity contribution in [1.29, 1.82) is 0 Å². The fourth-order valence-electron chi connectivity index (χ4n) is 3.53. The smallest absolute Gasteiger partial charge is 0.248 e. The molecule has 0 spiro atoms. The van der Waals surface area contributed by atoms with Crippen molar-refractivity contribution in [3.05, 3.63) is 30.3 Å². The summed E-state index contributed by atoms with van der Waals surface area (Å²) in [5.41, 5.74) is 1.39. The predicted octanol–water partition coefficient (Wildman–Crippen LogP) is 0.608. The molecule has 0 bridgehead atoms. The number of benzene rings is 1. The van der Waals surface area contributed by atoms with Crippen molar-refractivity contribution in [2.75, 3.05) is 18.9 Å². The summed E-state index contributed by atoms with van der Waals surface area (Å²) >= 11 is 1.07. The third kappa shape index (κ3) is 5.29. The van der Waals surface area contributed by atoms with E-state index in [2.05, 4.69) is 25.5 Å². The Hall–Kier alpha value is -2.89. The molecule has 0 aliphatic carbocycles. The molecule has 10 nitrogen and oxygen atoms in total. The predicted molar refractivity (Wildman–Crippen MR) is 121 cm³/mol. The number of anilines is 1. The van der Waals surface area contributed by atoms with E-state index in [9.17, 15) is 19.5 Å². The Balaban J connectivity index is 1.73. The Bertz CT molecular complexity index is 951.